The summed E-state index contributed by atoms with van der Waals surface area (Å²) in [5.74, 6) is -0.554. The Labute approximate surface area is 159 Å². The van der Waals surface area contributed by atoms with Crippen molar-refractivity contribution >= 4 is 23.5 Å². The third-order valence-corrected chi connectivity index (χ3v) is 5.75. The molecule has 0 saturated carbocycles. The summed E-state index contributed by atoms with van der Waals surface area (Å²) in [4.78, 5) is 32.3. The van der Waals surface area contributed by atoms with Gasteiger partial charge in [-0.15, -0.1) is 0 Å². The van der Waals surface area contributed by atoms with Crippen molar-refractivity contribution in [2.45, 2.75) is 38.6 Å². The first kappa shape index (κ1) is 20.7. The Hall–Kier alpha value is -1.63. The minimum atomic E-state index is -0.979. The average Bonchev–Trinajstić information content (AvgIpc) is 2.64. The predicted octanol–water partition coefficient (Wildman–Crippen LogP) is 2.53. The van der Waals surface area contributed by atoms with Crippen molar-refractivity contribution < 1.29 is 19.2 Å². The van der Waals surface area contributed by atoms with Crippen LogP contribution in [-0.2, 0) is 25.6 Å². The molecule has 1 aliphatic heterocycles. The maximum atomic E-state index is 13.0. The molecule has 0 aromatic heterocycles. The highest BCUT2D eigenvalue weighted by Gasteiger charge is 2.47. The molecule has 1 saturated heterocycles. The van der Waals surface area contributed by atoms with E-state index in [4.69, 9.17) is 21.2 Å². The van der Waals surface area contributed by atoms with Crippen LogP contribution in [0.25, 0.3) is 0 Å². The second kappa shape index (κ2) is 8.37. The third kappa shape index (κ3) is 4.03. The molecule has 0 bridgehead atoms. The van der Waals surface area contributed by atoms with E-state index < -0.39 is 11.5 Å². The highest BCUT2D eigenvalue weighted by Crippen LogP contribution is 2.31. The first-order chi connectivity index (χ1) is 12.2. The summed E-state index contributed by atoms with van der Waals surface area (Å²) in [6.07, 6.45) is 1.05. The maximum Gasteiger partial charge on any atom is 0.331 e. The van der Waals surface area contributed by atoms with Gasteiger partial charge in [0.2, 0.25) is 5.91 Å². The Morgan fingerprint density at radius 3 is 2.31 bits per heavy atom. The average molecular weight is 383 g/mol. The lowest BCUT2D eigenvalue weighted by Gasteiger charge is -2.44. The van der Waals surface area contributed by atoms with Crippen molar-refractivity contribution in [2.75, 3.05) is 34.4 Å². The molecule has 2 rings (SSSR count). The molecule has 26 heavy (non-hydrogen) atoms. The van der Waals surface area contributed by atoms with Gasteiger partial charge in [0.25, 0.3) is 0 Å². The summed E-state index contributed by atoms with van der Waals surface area (Å²) in [7, 11) is 4.61. The summed E-state index contributed by atoms with van der Waals surface area (Å²) >= 11 is 6.31. The summed E-state index contributed by atoms with van der Waals surface area (Å²) in [5, 5.41) is 2.34. The van der Waals surface area contributed by atoms with Crippen LogP contribution < -0.4 is 0 Å². The number of likely N-dealkylation sites (N-methyl/N-ethyl adjacent to an activating group) is 1. The van der Waals surface area contributed by atoms with Gasteiger partial charge in [0.05, 0.1) is 20.6 Å². The number of carbonyl (C=O) groups is 2. The lowest BCUT2D eigenvalue weighted by molar-refractivity contribution is -0.183. The van der Waals surface area contributed by atoms with E-state index in [0.29, 0.717) is 31.0 Å². The standard InChI is InChI=1S/C19H27ClN2O4/c1-13-10-15(16(20)11-14(13)2)12-17(23)21(3)19(18(24)25-4)6-8-22(26-5)9-7-19/h10-11H,6-9,12H2,1-5H3. The zero-order valence-electron chi connectivity index (χ0n) is 16.1. The maximum absolute atomic E-state index is 13.0. The summed E-state index contributed by atoms with van der Waals surface area (Å²) < 4.78 is 5.02. The van der Waals surface area contributed by atoms with E-state index in [9.17, 15) is 9.59 Å². The van der Waals surface area contributed by atoms with Crippen LogP contribution in [0.2, 0.25) is 5.02 Å². The van der Waals surface area contributed by atoms with Crippen molar-refractivity contribution in [3.05, 3.63) is 33.8 Å². The number of nitrogens with zero attached hydrogens (tertiary/aromatic N) is 2. The van der Waals surface area contributed by atoms with Gasteiger partial charge in [-0.2, -0.15) is 5.06 Å². The number of piperidine rings is 1. The Morgan fingerprint density at radius 2 is 1.77 bits per heavy atom. The Kier molecular flexibility index (Phi) is 6.66. The van der Waals surface area contributed by atoms with Gasteiger partial charge in [-0.05, 0) is 49.4 Å². The highest BCUT2D eigenvalue weighted by molar-refractivity contribution is 6.31. The number of aryl methyl sites for hydroxylation is 2. The number of esters is 1. The van der Waals surface area contributed by atoms with Crippen molar-refractivity contribution in [1.82, 2.24) is 9.96 Å². The van der Waals surface area contributed by atoms with E-state index in [1.165, 1.54) is 12.0 Å². The molecule has 0 radical (unpaired) electrons. The molecule has 1 aromatic rings. The molecule has 1 aliphatic rings. The Bertz CT molecular complexity index is 684. The van der Waals surface area contributed by atoms with Gasteiger partial charge in [0, 0.05) is 25.2 Å². The number of benzene rings is 1. The fraction of sp³-hybridized carbons (Fsp3) is 0.579. The second-order valence-electron chi connectivity index (χ2n) is 6.79. The number of amides is 1. The number of ether oxygens (including phenoxy) is 1. The number of hydrogen-bond donors (Lipinski definition) is 0. The van der Waals surface area contributed by atoms with E-state index in [-0.39, 0.29) is 12.3 Å². The number of halogens is 1. The van der Waals surface area contributed by atoms with E-state index >= 15 is 0 Å². The largest absolute Gasteiger partial charge is 0.467 e. The van der Waals surface area contributed by atoms with Gasteiger partial charge in [-0.25, -0.2) is 4.79 Å². The molecule has 6 nitrogen and oxygen atoms in total. The predicted molar refractivity (Wildman–Crippen MR) is 100.0 cm³/mol. The van der Waals surface area contributed by atoms with E-state index in [1.807, 2.05) is 26.0 Å². The van der Waals surface area contributed by atoms with Crippen molar-refractivity contribution in [2.24, 2.45) is 0 Å². The van der Waals surface area contributed by atoms with Gasteiger partial charge < -0.3 is 14.5 Å². The molecule has 1 heterocycles. The van der Waals surface area contributed by atoms with E-state index in [1.54, 1.807) is 19.2 Å². The first-order valence-electron chi connectivity index (χ1n) is 8.65. The van der Waals surface area contributed by atoms with Gasteiger partial charge in [0.15, 0.2) is 0 Å². The number of methoxy groups -OCH3 is 1. The topological polar surface area (TPSA) is 59.1 Å². The SMILES string of the molecule is COC(=O)C1(N(C)C(=O)Cc2cc(C)c(C)cc2Cl)CCN(OC)CC1. The van der Waals surface area contributed by atoms with Crippen LogP contribution in [0.5, 0.6) is 0 Å². The zero-order chi connectivity index (χ0) is 19.5. The smallest absolute Gasteiger partial charge is 0.331 e. The van der Waals surface area contributed by atoms with Gasteiger partial charge in [-0.3, -0.25) is 4.79 Å². The molecule has 1 amide bonds. The zero-order valence-corrected chi connectivity index (χ0v) is 16.9. The van der Waals surface area contributed by atoms with Crippen LogP contribution in [0.15, 0.2) is 12.1 Å². The molecule has 7 heteroatoms. The molecule has 144 valence electrons. The van der Waals surface area contributed by atoms with Crippen molar-refractivity contribution in [3.63, 3.8) is 0 Å². The van der Waals surface area contributed by atoms with Crippen LogP contribution in [-0.4, -0.2) is 61.7 Å². The van der Waals surface area contributed by atoms with E-state index in [0.717, 1.165) is 16.7 Å². The number of hydroxylamine groups is 2. The summed E-state index contributed by atoms with van der Waals surface area (Å²) in [5.41, 5.74) is 1.95. The Balaban J connectivity index is 2.23. The molecule has 0 spiro atoms. The molecular weight excluding hydrogens is 356 g/mol. The quantitative estimate of drug-likeness (QED) is 0.732. The fourth-order valence-corrected chi connectivity index (χ4v) is 3.69. The number of carbonyl (C=O) groups excluding carboxylic acids is 2. The van der Waals surface area contributed by atoms with Crippen LogP contribution in [0.3, 0.4) is 0 Å². The lowest BCUT2D eigenvalue weighted by atomic mass is 9.86. The lowest BCUT2D eigenvalue weighted by Crippen LogP contribution is -2.61. The molecule has 0 aliphatic carbocycles. The summed E-state index contributed by atoms with van der Waals surface area (Å²) in [6, 6.07) is 3.80. The second-order valence-corrected chi connectivity index (χ2v) is 7.20. The van der Waals surface area contributed by atoms with Crippen molar-refractivity contribution in [3.8, 4) is 0 Å². The normalized spacial score (nSPS) is 17.0. The van der Waals surface area contributed by atoms with Crippen molar-refractivity contribution in [1.29, 1.82) is 0 Å². The van der Waals surface area contributed by atoms with Crippen LogP contribution in [0.4, 0.5) is 0 Å². The van der Waals surface area contributed by atoms with Gasteiger partial charge in [-0.1, -0.05) is 17.7 Å². The molecular formula is C19H27ClN2O4. The minimum absolute atomic E-state index is 0.142. The fourth-order valence-electron chi connectivity index (χ4n) is 3.40. The van der Waals surface area contributed by atoms with Gasteiger partial charge >= 0.3 is 5.97 Å². The highest BCUT2D eigenvalue weighted by atomic mass is 35.5. The number of rotatable bonds is 5. The van der Waals surface area contributed by atoms with Crippen LogP contribution in [0.1, 0.15) is 29.5 Å². The molecule has 0 N–H and O–H groups in total. The molecule has 0 atom stereocenters. The molecule has 1 fully saturated rings. The van der Waals surface area contributed by atoms with Crippen LogP contribution >= 0.6 is 11.6 Å². The van der Waals surface area contributed by atoms with Gasteiger partial charge in [0.1, 0.15) is 5.54 Å². The van der Waals surface area contributed by atoms with Crippen LogP contribution in [0, 0.1) is 13.8 Å². The van der Waals surface area contributed by atoms with E-state index in [2.05, 4.69) is 0 Å². The molecule has 0 unspecified atom stereocenters. The monoisotopic (exact) mass is 382 g/mol. The minimum Gasteiger partial charge on any atom is -0.467 e. The molecule has 1 aromatic carbocycles. The number of hydrogen-bond acceptors (Lipinski definition) is 5. The first-order valence-corrected chi connectivity index (χ1v) is 9.02. The third-order valence-electron chi connectivity index (χ3n) is 5.39. The Morgan fingerprint density at radius 1 is 1.19 bits per heavy atom. The summed E-state index contributed by atoms with van der Waals surface area (Å²) in [6.45, 7) is 5.07.